The summed E-state index contributed by atoms with van der Waals surface area (Å²) < 4.78 is 37.3. The molecule has 0 radical (unpaired) electrons. The van der Waals surface area contributed by atoms with Gasteiger partial charge < -0.3 is 68.9 Å². The number of benzene rings is 4. The summed E-state index contributed by atoms with van der Waals surface area (Å²) in [5, 5.41) is 3.27. The van der Waals surface area contributed by atoms with Gasteiger partial charge in [-0.25, -0.2) is 8.42 Å². The van der Waals surface area contributed by atoms with Crippen LogP contribution in [0, 0.1) is 0 Å². The summed E-state index contributed by atoms with van der Waals surface area (Å²) in [4.78, 5) is 30.0. The zero-order chi connectivity index (χ0) is 76.6. The van der Waals surface area contributed by atoms with E-state index in [-0.39, 0.29) is 0 Å². The molecule has 17 rings (SSSR count). The number of sulfone groups is 1. The average Bonchev–Trinajstić information content (AvgIpc) is 1.60. The van der Waals surface area contributed by atoms with Crippen LogP contribution >= 0.6 is 11.8 Å². The predicted octanol–water partition coefficient (Wildman–Crippen LogP) is 9.84. The standard InChI is InChI=1S/2C10H13N.2C9H11N.C7H15N.C6H13N.C5H12N2.C5H11NO2S.C5H11NOS.C5H11NO.C5H11NS.C5H11N.C4H9N/c1-11-8-4-6-9-5-2-3-7-10(9)11;1-11-7-6-9-4-2-3-5-10(9)8-11;1-10-6-8-4-2-3-5-9(8)7-10;1-10-7-6-8-4-2-3-5-9(8)10;1-8-6-4-2-3-5-7-8;1-7-5-3-2-4-6-7;1-7-4-2-6-3-5-7;1-6-2-4-9(7,8)5-3-6;1-6-2-4-8(7)5-3-6;2*1-6-2-4-7-5-3-6;1-6-4-2-3-5-6;1-5-3-2-4-5/h2-3,5,7H,4,6,8H2,1H3;2-5H,6-8H2,1H3;2*2-5H,6-7H2,1H3;2-7H2,1H3;2-6H2,1H3;6H,2-5H2,1H3;2-5H2,1H3;2-5H2,1H3;2*2-5H2,1H3;2-5H2,1H3;2-4H2,1H3. The molecular formula is C85H152N14O4S3. The van der Waals surface area contributed by atoms with Crippen molar-refractivity contribution in [2.45, 2.75) is 110 Å². The summed E-state index contributed by atoms with van der Waals surface area (Å²) in [6.07, 6.45) is 19.2. The number of hydrogen-bond acceptors (Lipinski definition) is 19. The normalized spacial score (nSPS) is 22.2. The summed E-state index contributed by atoms with van der Waals surface area (Å²) in [5.41, 5.74) is 11.8. The third-order valence-electron chi connectivity index (χ3n) is 21.4. The molecule has 0 bridgehead atoms. The largest absolute Gasteiger partial charge is 0.379 e. The highest BCUT2D eigenvalue weighted by atomic mass is 32.2. The highest BCUT2D eigenvalue weighted by molar-refractivity contribution is 7.99. The smallest absolute Gasteiger partial charge is 0.152 e. The fourth-order valence-corrected chi connectivity index (χ4v) is 17.3. The van der Waals surface area contributed by atoms with Gasteiger partial charge in [-0.3, -0.25) is 9.11 Å². The maximum atomic E-state index is 10.8. The average molecular weight is 1530 g/mol. The second-order valence-electron chi connectivity index (χ2n) is 31.4. The van der Waals surface area contributed by atoms with E-state index in [1.54, 1.807) is 0 Å². The van der Waals surface area contributed by atoms with Crippen molar-refractivity contribution >= 4 is 43.8 Å². The van der Waals surface area contributed by atoms with E-state index in [1.807, 2.05) is 11.9 Å². The third kappa shape index (κ3) is 42.7. The molecule has 21 heteroatoms. The van der Waals surface area contributed by atoms with Crippen LogP contribution in [0.1, 0.15) is 104 Å². The predicted molar refractivity (Wildman–Crippen MR) is 461 cm³/mol. The van der Waals surface area contributed by atoms with Gasteiger partial charge >= 0.3 is 0 Å². The number of para-hydroxylation sites is 2. The Labute approximate surface area is 656 Å². The lowest BCUT2D eigenvalue weighted by Crippen LogP contribution is -2.40. The summed E-state index contributed by atoms with van der Waals surface area (Å²) in [7, 11) is 24.7. The van der Waals surface area contributed by atoms with Crippen molar-refractivity contribution in [3.8, 4) is 0 Å². The van der Waals surface area contributed by atoms with Crippen LogP contribution in [0.5, 0.6) is 0 Å². The molecule has 13 aliphatic rings. The summed E-state index contributed by atoms with van der Waals surface area (Å²) in [6, 6.07) is 34.6. The molecule has 1 N–H and O–H groups in total. The van der Waals surface area contributed by atoms with Gasteiger partial charge in [0.05, 0.1) is 24.7 Å². The number of nitrogens with zero attached hydrogens (tertiary/aromatic N) is 13. The summed E-state index contributed by atoms with van der Waals surface area (Å²) in [6.45, 7) is 32.2. The first-order valence-electron chi connectivity index (χ1n) is 40.8. The van der Waals surface area contributed by atoms with Crippen LogP contribution in [0.2, 0.25) is 0 Å². The van der Waals surface area contributed by atoms with Gasteiger partial charge in [-0.15, -0.1) is 0 Å². The molecule has 4 aromatic rings. The molecule has 106 heavy (non-hydrogen) atoms. The van der Waals surface area contributed by atoms with Gasteiger partial charge in [0.15, 0.2) is 9.84 Å². The van der Waals surface area contributed by atoms with Crippen molar-refractivity contribution in [3.05, 3.63) is 130 Å². The molecular weight excluding hydrogens is 1380 g/mol. The minimum absolute atomic E-state index is 0.337. The number of anilines is 2. The number of fused-ring (bicyclic) bond motifs is 4. The van der Waals surface area contributed by atoms with Gasteiger partial charge in [-0.2, -0.15) is 11.8 Å². The highest BCUT2D eigenvalue weighted by Crippen LogP contribution is 2.26. The molecule has 0 aromatic heterocycles. The van der Waals surface area contributed by atoms with Crippen LogP contribution in [-0.4, -0.2) is 356 Å². The molecule has 4 aromatic carbocycles. The van der Waals surface area contributed by atoms with E-state index in [2.05, 4.69) is 258 Å². The van der Waals surface area contributed by atoms with Gasteiger partial charge in [0.1, 0.15) is 0 Å². The topological polar surface area (TPSA) is 115 Å². The molecule has 9 fully saturated rings. The molecule has 604 valence electrons. The van der Waals surface area contributed by atoms with E-state index >= 15 is 0 Å². The highest BCUT2D eigenvalue weighted by Gasteiger charge is 2.19. The van der Waals surface area contributed by atoms with E-state index in [9.17, 15) is 12.6 Å². The first-order chi connectivity index (χ1) is 51.1. The second-order valence-corrected chi connectivity index (χ2v) is 36.6. The van der Waals surface area contributed by atoms with E-state index < -0.39 is 20.6 Å². The molecule has 0 spiro atoms. The Morgan fingerprint density at radius 1 is 0.321 bits per heavy atom. The van der Waals surface area contributed by atoms with Gasteiger partial charge in [0.2, 0.25) is 0 Å². The number of rotatable bonds is 0. The lowest BCUT2D eigenvalue weighted by molar-refractivity contribution is 0.0503. The van der Waals surface area contributed by atoms with Crippen LogP contribution in [0.25, 0.3) is 0 Å². The SMILES string of the molecule is CN1CCC1.CN1CCCC1.CN1CCCCC1.CN1CCCCCC1.CN1CCCc2ccccc21.CN1CCNCC1.CN1CCOCC1.CN1CCS(=O)(=O)CC1.CN1CCS(=O)CC1.CN1CCSCC1.CN1CCc2ccccc21.CN1CCc2ccccc2C1.CN1Cc2ccccc2C1. The van der Waals surface area contributed by atoms with Gasteiger partial charge in [-0.1, -0.05) is 104 Å². The fourth-order valence-electron chi connectivity index (χ4n) is 13.6. The minimum Gasteiger partial charge on any atom is -0.379 e. The van der Waals surface area contributed by atoms with Crippen molar-refractivity contribution < 1.29 is 17.4 Å². The van der Waals surface area contributed by atoms with Crippen LogP contribution < -0.4 is 15.1 Å². The zero-order valence-corrected chi connectivity index (χ0v) is 71.8. The molecule has 0 aliphatic carbocycles. The summed E-state index contributed by atoms with van der Waals surface area (Å²) >= 11 is 2.06. The molecule has 0 atom stereocenters. The van der Waals surface area contributed by atoms with Gasteiger partial charge in [0, 0.05) is 177 Å². The molecule has 9 saturated heterocycles. The number of likely N-dealkylation sites (N-methyl/N-ethyl adjacent to an activating group) is 4. The fraction of sp³-hybridized carbons (Fsp3) is 0.718. The molecule has 0 unspecified atom stereocenters. The van der Waals surface area contributed by atoms with Crippen molar-refractivity contribution in [2.24, 2.45) is 0 Å². The van der Waals surface area contributed by atoms with Gasteiger partial charge in [0.25, 0.3) is 0 Å². The zero-order valence-electron chi connectivity index (χ0n) is 69.4. The Morgan fingerprint density at radius 2 is 0.670 bits per heavy atom. The molecule has 13 aliphatic heterocycles. The van der Waals surface area contributed by atoms with Crippen LogP contribution in [0.15, 0.2) is 97.1 Å². The Hall–Kier alpha value is -3.59. The number of likely N-dealkylation sites (tertiary alicyclic amines) is 4. The van der Waals surface area contributed by atoms with E-state index in [0.29, 0.717) is 24.6 Å². The summed E-state index contributed by atoms with van der Waals surface area (Å²) in [5.74, 6) is 5.08. The maximum absolute atomic E-state index is 10.8. The van der Waals surface area contributed by atoms with Crippen LogP contribution in [-0.2, 0) is 64.3 Å². The number of ether oxygens (including phenoxy) is 1. The van der Waals surface area contributed by atoms with Crippen molar-refractivity contribution in [3.63, 3.8) is 0 Å². The quantitative estimate of drug-likeness (QED) is 0.180. The Kier molecular flexibility index (Phi) is 48.9. The van der Waals surface area contributed by atoms with Crippen LogP contribution in [0.4, 0.5) is 11.4 Å². The minimum atomic E-state index is -2.66. The monoisotopic (exact) mass is 1530 g/mol. The number of aryl methyl sites for hydroxylation is 1. The molecule has 13 heterocycles. The molecule has 18 nitrogen and oxygen atoms in total. The van der Waals surface area contributed by atoms with E-state index in [1.165, 1.54) is 244 Å². The molecule has 0 saturated carbocycles. The molecule has 0 amide bonds. The second kappa shape index (κ2) is 55.8. The Bertz CT molecular complexity index is 2870. The number of piperazine rings is 1. The third-order valence-corrected chi connectivity index (χ3v) is 25.2. The Balaban J connectivity index is 0.000000207. The van der Waals surface area contributed by atoms with Crippen molar-refractivity contribution in [2.75, 3.05) is 300 Å². The first kappa shape index (κ1) is 93.0. The van der Waals surface area contributed by atoms with E-state index in [0.717, 1.165) is 83.6 Å². The first-order valence-corrected chi connectivity index (χ1v) is 45.3. The number of nitrogens with one attached hydrogen (secondary N) is 1. The van der Waals surface area contributed by atoms with Crippen LogP contribution in [0.3, 0.4) is 0 Å². The number of hydrogen-bond donors (Lipinski definition) is 1. The van der Waals surface area contributed by atoms with Crippen molar-refractivity contribution in [1.82, 2.24) is 59.2 Å². The maximum Gasteiger partial charge on any atom is 0.152 e. The lowest BCUT2D eigenvalue weighted by Gasteiger charge is -2.26. The number of thioether (sulfide) groups is 1. The van der Waals surface area contributed by atoms with Gasteiger partial charge in [-0.05, 0) is 246 Å². The number of piperidine rings is 1. The van der Waals surface area contributed by atoms with E-state index in [4.69, 9.17) is 4.74 Å². The van der Waals surface area contributed by atoms with Crippen molar-refractivity contribution in [1.29, 1.82) is 0 Å². The Morgan fingerprint density at radius 3 is 1.06 bits per heavy atom. The lowest BCUT2D eigenvalue weighted by atomic mass is 10.0. The number of morpholine rings is 1.